The maximum Gasteiger partial charge on any atom is 0.237 e. The first-order chi connectivity index (χ1) is 9.83. The van der Waals surface area contributed by atoms with Crippen LogP contribution >= 0.6 is 0 Å². The zero-order chi connectivity index (χ0) is 15.6. The van der Waals surface area contributed by atoms with Gasteiger partial charge in [-0.25, -0.2) is 0 Å². The summed E-state index contributed by atoms with van der Waals surface area (Å²) in [7, 11) is 0. The highest BCUT2D eigenvalue weighted by molar-refractivity contribution is 5.83. The number of hydrogen-bond donors (Lipinski definition) is 2. The summed E-state index contributed by atoms with van der Waals surface area (Å²) in [5, 5.41) is 3.22. The molecule has 0 radical (unpaired) electrons. The van der Waals surface area contributed by atoms with Gasteiger partial charge in [-0.3, -0.25) is 10.1 Å². The fourth-order valence-electron chi connectivity index (χ4n) is 2.39. The Labute approximate surface area is 126 Å². The van der Waals surface area contributed by atoms with Gasteiger partial charge in [0.1, 0.15) is 0 Å². The molecule has 4 nitrogen and oxygen atoms in total. The Morgan fingerprint density at radius 3 is 2.43 bits per heavy atom. The number of hydrogen-bond acceptors (Lipinski definition) is 2. The molecule has 2 aromatic rings. The second kappa shape index (κ2) is 5.74. The lowest BCUT2D eigenvalue weighted by Crippen LogP contribution is -2.50. The van der Waals surface area contributed by atoms with Crippen molar-refractivity contribution >= 4 is 5.91 Å². The van der Waals surface area contributed by atoms with Crippen molar-refractivity contribution in [2.24, 2.45) is 5.73 Å². The average Bonchev–Trinajstić information content (AvgIpc) is 2.72. The van der Waals surface area contributed by atoms with Crippen molar-refractivity contribution in [3.63, 3.8) is 0 Å². The highest BCUT2D eigenvalue weighted by Gasteiger charge is 2.24. The molecule has 0 bridgehead atoms. The van der Waals surface area contributed by atoms with E-state index in [1.54, 1.807) is 13.8 Å². The van der Waals surface area contributed by atoms with Crippen LogP contribution in [0.4, 0.5) is 0 Å². The van der Waals surface area contributed by atoms with Crippen LogP contribution in [0.25, 0.3) is 5.69 Å². The zero-order valence-corrected chi connectivity index (χ0v) is 13.1. The molecule has 1 aromatic heterocycles. The third-order valence-electron chi connectivity index (χ3n) is 3.89. The minimum Gasteiger partial charge on any atom is -0.368 e. The molecule has 0 aliphatic carbocycles. The SMILES string of the molecule is Cc1cc(CNC(C)(C)C(N)=O)c(C)n1-c1ccccc1. The van der Waals surface area contributed by atoms with Crippen LogP contribution in [0, 0.1) is 13.8 Å². The number of nitrogens with two attached hydrogens (primary N) is 1. The van der Waals surface area contributed by atoms with Crippen LogP contribution in [0.3, 0.4) is 0 Å². The van der Waals surface area contributed by atoms with E-state index in [2.05, 4.69) is 41.9 Å². The Hall–Kier alpha value is -2.07. The number of nitrogens with one attached hydrogen (secondary N) is 1. The molecule has 0 atom stereocenters. The Kier molecular flexibility index (Phi) is 4.19. The van der Waals surface area contributed by atoms with Crippen LogP contribution in [-0.2, 0) is 11.3 Å². The number of amides is 1. The first kappa shape index (κ1) is 15.3. The zero-order valence-electron chi connectivity index (χ0n) is 13.1. The number of carbonyl (C=O) groups excluding carboxylic acids is 1. The summed E-state index contributed by atoms with van der Waals surface area (Å²) in [6, 6.07) is 12.4. The van der Waals surface area contributed by atoms with Gasteiger partial charge >= 0.3 is 0 Å². The van der Waals surface area contributed by atoms with Crippen LogP contribution in [0.15, 0.2) is 36.4 Å². The smallest absolute Gasteiger partial charge is 0.237 e. The van der Waals surface area contributed by atoms with Crippen molar-refractivity contribution in [1.29, 1.82) is 0 Å². The lowest BCUT2D eigenvalue weighted by Gasteiger charge is -2.22. The first-order valence-electron chi connectivity index (χ1n) is 7.11. The van der Waals surface area contributed by atoms with Gasteiger partial charge in [0.2, 0.25) is 5.91 Å². The molecule has 0 saturated heterocycles. The summed E-state index contributed by atoms with van der Waals surface area (Å²) in [4.78, 5) is 11.4. The van der Waals surface area contributed by atoms with Crippen molar-refractivity contribution < 1.29 is 4.79 Å². The summed E-state index contributed by atoms with van der Waals surface area (Å²) >= 11 is 0. The molecule has 0 saturated carbocycles. The molecule has 1 heterocycles. The van der Waals surface area contributed by atoms with E-state index in [0.29, 0.717) is 6.54 Å². The molecule has 4 heteroatoms. The molecule has 0 unspecified atom stereocenters. The second-order valence-electron chi connectivity index (χ2n) is 5.91. The van der Waals surface area contributed by atoms with Crippen molar-refractivity contribution in [3.8, 4) is 5.69 Å². The molecule has 1 amide bonds. The van der Waals surface area contributed by atoms with Gasteiger partial charge in [-0.2, -0.15) is 0 Å². The molecular weight excluding hydrogens is 262 g/mol. The molecule has 0 aliphatic rings. The van der Waals surface area contributed by atoms with Crippen molar-refractivity contribution in [2.45, 2.75) is 39.8 Å². The van der Waals surface area contributed by atoms with Gasteiger partial charge in [0, 0.05) is 23.6 Å². The molecule has 2 rings (SSSR count). The monoisotopic (exact) mass is 285 g/mol. The summed E-state index contributed by atoms with van der Waals surface area (Å²) in [5.74, 6) is -0.348. The van der Waals surface area contributed by atoms with Gasteiger partial charge < -0.3 is 10.3 Å². The molecule has 21 heavy (non-hydrogen) atoms. The van der Waals surface area contributed by atoms with Crippen LogP contribution in [0.2, 0.25) is 0 Å². The Morgan fingerprint density at radius 2 is 1.86 bits per heavy atom. The number of carbonyl (C=O) groups is 1. The first-order valence-corrected chi connectivity index (χ1v) is 7.11. The van der Waals surface area contributed by atoms with Crippen molar-refractivity contribution in [3.05, 3.63) is 53.3 Å². The molecule has 1 aromatic carbocycles. The summed E-state index contributed by atoms with van der Waals surface area (Å²) in [6.07, 6.45) is 0. The predicted octanol–water partition coefficient (Wildman–Crippen LogP) is 2.45. The molecule has 0 aliphatic heterocycles. The summed E-state index contributed by atoms with van der Waals surface area (Å²) in [5.41, 5.74) is 9.34. The van der Waals surface area contributed by atoms with Gasteiger partial charge in [0.25, 0.3) is 0 Å². The topological polar surface area (TPSA) is 60.0 Å². The minimum absolute atomic E-state index is 0.348. The van der Waals surface area contributed by atoms with Gasteiger partial charge in [0.15, 0.2) is 0 Å². The fraction of sp³-hybridized carbons (Fsp3) is 0.353. The van der Waals surface area contributed by atoms with E-state index in [-0.39, 0.29) is 5.91 Å². The lowest BCUT2D eigenvalue weighted by molar-refractivity contribution is -0.123. The van der Waals surface area contributed by atoms with Crippen LogP contribution in [-0.4, -0.2) is 16.0 Å². The summed E-state index contributed by atoms with van der Waals surface area (Å²) < 4.78 is 2.22. The van der Waals surface area contributed by atoms with Crippen molar-refractivity contribution in [1.82, 2.24) is 9.88 Å². The third kappa shape index (κ3) is 3.16. The number of aryl methyl sites for hydroxylation is 1. The fourth-order valence-corrected chi connectivity index (χ4v) is 2.39. The highest BCUT2D eigenvalue weighted by atomic mass is 16.1. The Balaban J connectivity index is 2.26. The lowest BCUT2D eigenvalue weighted by atomic mass is 10.0. The predicted molar refractivity (Wildman–Crippen MR) is 85.4 cm³/mol. The van der Waals surface area contributed by atoms with E-state index in [1.165, 1.54) is 17.0 Å². The largest absolute Gasteiger partial charge is 0.368 e. The average molecular weight is 285 g/mol. The second-order valence-corrected chi connectivity index (χ2v) is 5.91. The number of rotatable bonds is 5. The number of primary amides is 1. The molecule has 112 valence electrons. The highest BCUT2D eigenvalue weighted by Crippen LogP contribution is 2.21. The minimum atomic E-state index is -0.713. The molecule has 0 fully saturated rings. The van der Waals surface area contributed by atoms with Crippen molar-refractivity contribution in [2.75, 3.05) is 0 Å². The van der Waals surface area contributed by atoms with E-state index in [4.69, 9.17) is 5.73 Å². The van der Waals surface area contributed by atoms with Crippen LogP contribution in [0.1, 0.15) is 30.8 Å². The molecular formula is C17H23N3O. The number of aromatic nitrogens is 1. The standard InChI is InChI=1S/C17H23N3O/c1-12-10-14(11-19-17(3,4)16(18)21)13(2)20(12)15-8-6-5-7-9-15/h5-10,19H,11H2,1-4H3,(H2,18,21). The van der Waals surface area contributed by atoms with Crippen LogP contribution in [0.5, 0.6) is 0 Å². The number of benzene rings is 1. The number of para-hydroxylation sites is 1. The Bertz CT molecular complexity index is 642. The van der Waals surface area contributed by atoms with E-state index in [9.17, 15) is 4.79 Å². The normalized spacial score (nSPS) is 11.6. The molecule has 0 spiro atoms. The van der Waals surface area contributed by atoms with Gasteiger partial charge in [-0.1, -0.05) is 18.2 Å². The van der Waals surface area contributed by atoms with E-state index < -0.39 is 5.54 Å². The van der Waals surface area contributed by atoms with E-state index in [0.717, 1.165) is 5.69 Å². The van der Waals surface area contributed by atoms with E-state index >= 15 is 0 Å². The Morgan fingerprint density at radius 1 is 1.24 bits per heavy atom. The molecule has 3 N–H and O–H groups in total. The maximum absolute atomic E-state index is 11.4. The quantitative estimate of drug-likeness (QED) is 0.886. The number of nitrogens with zero attached hydrogens (tertiary/aromatic N) is 1. The third-order valence-corrected chi connectivity index (χ3v) is 3.89. The van der Waals surface area contributed by atoms with Gasteiger partial charge in [-0.05, 0) is 51.5 Å². The maximum atomic E-state index is 11.4. The van der Waals surface area contributed by atoms with Crippen LogP contribution < -0.4 is 11.1 Å². The van der Waals surface area contributed by atoms with E-state index in [1.807, 2.05) is 18.2 Å². The van der Waals surface area contributed by atoms with Gasteiger partial charge in [0.05, 0.1) is 5.54 Å². The summed E-state index contributed by atoms with van der Waals surface area (Å²) in [6.45, 7) is 8.39. The van der Waals surface area contributed by atoms with Gasteiger partial charge in [-0.15, -0.1) is 0 Å².